The van der Waals surface area contributed by atoms with Crippen LogP contribution < -0.4 is 0 Å². The van der Waals surface area contributed by atoms with Gasteiger partial charge in [0.25, 0.3) is 0 Å². The van der Waals surface area contributed by atoms with Crippen molar-refractivity contribution in [1.82, 2.24) is 0 Å². The number of aliphatic hydroxyl groups is 1. The van der Waals surface area contributed by atoms with Gasteiger partial charge in [0.1, 0.15) is 11.6 Å². The molecule has 13 heavy (non-hydrogen) atoms. The first-order valence-corrected chi connectivity index (χ1v) is 4.01. The summed E-state index contributed by atoms with van der Waals surface area (Å²) < 4.78 is 13.3. The second-order valence-electron chi connectivity index (χ2n) is 2.93. The summed E-state index contributed by atoms with van der Waals surface area (Å²) in [6.45, 7) is 1.07. The van der Waals surface area contributed by atoms with Crippen LogP contribution in [0, 0.1) is 5.82 Å². The minimum Gasteiger partial charge on any atom is -0.392 e. The first-order valence-electron chi connectivity index (χ1n) is 4.01. The van der Waals surface area contributed by atoms with Crippen molar-refractivity contribution in [1.29, 1.82) is 0 Å². The van der Waals surface area contributed by atoms with Crippen LogP contribution in [-0.2, 0) is 17.8 Å². The van der Waals surface area contributed by atoms with Gasteiger partial charge in [0.2, 0.25) is 0 Å². The lowest BCUT2D eigenvalue weighted by Gasteiger charge is -2.03. The predicted molar refractivity (Wildman–Crippen MR) is 46.7 cm³/mol. The third kappa shape index (κ3) is 2.36. The fourth-order valence-electron chi connectivity index (χ4n) is 1.16. The molecule has 3 heteroatoms. The molecule has 0 aliphatic rings. The van der Waals surface area contributed by atoms with Gasteiger partial charge in [-0.3, -0.25) is 4.79 Å². The second kappa shape index (κ2) is 4.14. The van der Waals surface area contributed by atoms with E-state index in [0.29, 0.717) is 5.56 Å². The summed E-state index contributed by atoms with van der Waals surface area (Å²) in [5, 5.41) is 8.75. The summed E-state index contributed by atoms with van der Waals surface area (Å²) in [7, 11) is 0. The zero-order chi connectivity index (χ0) is 9.84. The van der Waals surface area contributed by atoms with Crippen LogP contribution in [0.5, 0.6) is 0 Å². The van der Waals surface area contributed by atoms with Crippen molar-refractivity contribution in [3.63, 3.8) is 0 Å². The first kappa shape index (κ1) is 9.86. The van der Waals surface area contributed by atoms with Crippen molar-refractivity contribution in [3.8, 4) is 0 Å². The van der Waals surface area contributed by atoms with Crippen LogP contribution in [0.2, 0.25) is 0 Å². The molecule has 0 unspecified atom stereocenters. The lowest BCUT2D eigenvalue weighted by Crippen LogP contribution is -2.02. The van der Waals surface area contributed by atoms with Crippen LogP contribution in [-0.4, -0.2) is 10.9 Å². The van der Waals surface area contributed by atoms with E-state index < -0.39 is 5.82 Å². The number of ketones is 1. The van der Waals surface area contributed by atoms with Gasteiger partial charge in [-0.15, -0.1) is 0 Å². The molecule has 0 amide bonds. The van der Waals surface area contributed by atoms with Crippen LogP contribution in [0.3, 0.4) is 0 Å². The van der Waals surface area contributed by atoms with E-state index in [2.05, 4.69) is 0 Å². The molecule has 1 aromatic carbocycles. The quantitative estimate of drug-likeness (QED) is 0.768. The number of halogens is 1. The summed E-state index contributed by atoms with van der Waals surface area (Å²) >= 11 is 0. The Balaban J connectivity index is 3.01. The third-order valence-electron chi connectivity index (χ3n) is 1.77. The molecule has 1 rings (SSSR count). The van der Waals surface area contributed by atoms with Gasteiger partial charge < -0.3 is 5.11 Å². The van der Waals surface area contributed by atoms with E-state index in [0.717, 1.165) is 0 Å². The Bertz CT molecular complexity index is 321. The molecule has 0 radical (unpaired) electrons. The molecule has 70 valence electrons. The molecule has 0 saturated carbocycles. The van der Waals surface area contributed by atoms with Gasteiger partial charge in [0.05, 0.1) is 6.61 Å². The molecule has 0 spiro atoms. The van der Waals surface area contributed by atoms with Crippen LogP contribution in [0.1, 0.15) is 18.1 Å². The van der Waals surface area contributed by atoms with E-state index in [4.69, 9.17) is 5.11 Å². The minimum atomic E-state index is -0.472. The van der Waals surface area contributed by atoms with Gasteiger partial charge in [-0.25, -0.2) is 4.39 Å². The number of rotatable bonds is 3. The summed E-state index contributed by atoms with van der Waals surface area (Å²) in [6.07, 6.45) is 0.0830. The van der Waals surface area contributed by atoms with E-state index >= 15 is 0 Å². The van der Waals surface area contributed by atoms with Crippen molar-refractivity contribution >= 4 is 5.78 Å². The van der Waals surface area contributed by atoms with Crippen molar-refractivity contribution in [3.05, 3.63) is 35.1 Å². The lowest BCUT2D eigenvalue weighted by molar-refractivity contribution is -0.116. The molecule has 0 aromatic heterocycles. The highest BCUT2D eigenvalue weighted by atomic mass is 19.1. The Hall–Kier alpha value is -1.22. The number of hydrogen-bond acceptors (Lipinski definition) is 2. The maximum Gasteiger partial charge on any atom is 0.134 e. The molecular formula is C10H11FO2. The molecule has 0 aliphatic carbocycles. The zero-order valence-electron chi connectivity index (χ0n) is 7.38. The minimum absolute atomic E-state index is 0.0830. The average Bonchev–Trinajstić information content (AvgIpc) is 2.08. The summed E-state index contributed by atoms with van der Waals surface area (Å²) in [5.41, 5.74) is 0.581. The van der Waals surface area contributed by atoms with Crippen LogP contribution in [0.4, 0.5) is 4.39 Å². The fourth-order valence-corrected chi connectivity index (χ4v) is 1.16. The van der Waals surface area contributed by atoms with Crippen molar-refractivity contribution in [2.75, 3.05) is 0 Å². The number of aliphatic hydroxyl groups excluding tert-OH is 1. The largest absolute Gasteiger partial charge is 0.392 e. The van der Waals surface area contributed by atoms with Gasteiger partial charge in [0, 0.05) is 12.0 Å². The normalized spacial score (nSPS) is 10.1. The highest BCUT2D eigenvalue weighted by Gasteiger charge is 2.08. The maximum atomic E-state index is 13.3. The Kier molecular flexibility index (Phi) is 3.14. The zero-order valence-corrected chi connectivity index (χ0v) is 7.38. The van der Waals surface area contributed by atoms with Gasteiger partial charge in [-0.05, 0) is 12.5 Å². The maximum absolute atomic E-state index is 13.3. The number of Topliss-reactive ketones (excluding diaryl/α,β-unsaturated/α-hetero) is 1. The predicted octanol–water partition coefficient (Wildman–Crippen LogP) is 1.45. The van der Waals surface area contributed by atoms with Crippen molar-refractivity contribution in [2.45, 2.75) is 20.0 Å². The molecule has 0 heterocycles. The van der Waals surface area contributed by atoms with Gasteiger partial charge in [-0.2, -0.15) is 0 Å². The standard InChI is InChI=1S/C10H11FO2/c1-7(13)5-8-3-2-4-9(6-12)10(8)11/h2-4,12H,5-6H2,1H3. The van der Waals surface area contributed by atoms with Crippen LogP contribution in [0.25, 0.3) is 0 Å². The Labute approximate surface area is 76.0 Å². The molecule has 0 aliphatic heterocycles. The van der Waals surface area contributed by atoms with E-state index in [1.165, 1.54) is 13.0 Å². The number of benzene rings is 1. The molecule has 0 saturated heterocycles. The SMILES string of the molecule is CC(=O)Cc1cccc(CO)c1F. The number of carbonyl (C=O) groups is 1. The highest BCUT2D eigenvalue weighted by molar-refractivity contribution is 5.78. The lowest BCUT2D eigenvalue weighted by atomic mass is 10.1. The number of carbonyl (C=O) groups excluding carboxylic acids is 1. The summed E-state index contributed by atoms with van der Waals surface area (Å²) in [6, 6.07) is 4.68. The van der Waals surface area contributed by atoms with E-state index in [1.54, 1.807) is 12.1 Å². The Morgan fingerprint density at radius 3 is 2.62 bits per heavy atom. The van der Waals surface area contributed by atoms with Crippen molar-refractivity contribution < 1.29 is 14.3 Å². The molecule has 1 aromatic rings. The van der Waals surface area contributed by atoms with E-state index in [1.807, 2.05) is 0 Å². The average molecular weight is 182 g/mol. The van der Waals surface area contributed by atoms with E-state index in [-0.39, 0.29) is 24.4 Å². The Morgan fingerprint density at radius 1 is 1.46 bits per heavy atom. The van der Waals surface area contributed by atoms with Crippen LogP contribution >= 0.6 is 0 Å². The third-order valence-corrected chi connectivity index (χ3v) is 1.77. The summed E-state index contributed by atoms with van der Waals surface area (Å²) in [5.74, 6) is -0.561. The molecule has 0 bridgehead atoms. The second-order valence-corrected chi connectivity index (χ2v) is 2.93. The van der Waals surface area contributed by atoms with Crippen LogP contribution in [0.15, 0.2) is 18.2 Å². The smallest absolute Gasteiger partial charge is 0.134 e. The monoisotopic (exact) mass is 182 g/mol. The fraction of sp³-hybridized carbons (Fsp3) is 0.300. The summed E-state index contributed by atoms with van der Waals surface area (Å²) in [4.78, 5) is 10.7. The highest BCUT2D eigenvalue weighted by Crippen LogP contribution is 2.13. The molecule has 0 atom stereocenters. The van der Waals surface area contributed by atoms with Gasteiger partial charge >= 0.3 is 0 Å². The van der Waals surface area contributed by atoms with E-state index in [9.17, 15) is 9.18 Å². The first-order chi connectivity index (χ1) is 6.15. The number of hydrogen-bond donors (Lipinski definition) is 1. The topological polar surface area (TPSA) is 37.3 Å². The molecule has 0 fully saturated rings. The molecule has 1 N–H and O–H groups in total. The van der Waals surface area contributed by atoms with Crippen molar-refractivity contribution in [2.24, 2.45) is 0 Å². The molecular weight excluding hydrogens is 171 g/mol. The van der Waals surface area contributed by atoms with Gasteiger partial charge in [0.15, 0.2) is 0 Å². The van der Waals surface area contributed by atoms with Gasteiger partial charge in [-0.1, -0.05) is 18.2 Å². The molecule has 2 nitrogen and oxygen atoms in total. The Morgan fingerprint density at radius 2 is 2.08 bits per heavy atom.